The summed E-state index contributed by atoms with van der Waals surface area (Å²) in [6.45, 7) is 4.52. The summed E-state index contributed by atoms with van der Waals surface area (Å²) >= 11 is 9.84. The van der Waals surface area contributed by atoms with Gasteiger partial charge in [-0.3, -0.25) is 0 Å². The van der Waals surface area contributed by atoms with Crippen molar-refractivity contribution in [2.75, 3.05) is 37.8 Å². The van der Waals surface area contributed by atoms with Crippen LogP contribution >= 0.6 is 27.5 Å². The molecule has 3 heterocycles. The summed E-state index contributed by atoms with van der Waals surface area (Å²) in [5.74, 6) is 1.58. The van der Waals surface area contributed by atoms with Gasteiger partial charge in [-0.1, -0.05) is 27.5 Å². The van der Waals surface area contributed by atoms with Gasteiger partial charge in [0.05, 0.1) is 29.9 Å². The third-order valence-electron chi connectivity index (χ3n) is 5.05. The highest BCUT2D eigenvalue weighted by molar-refractivity contribution is 9.10. The molecular weight excluding hydrogens is 404 g/mol. The Morgan fingerprint density at radius 1 is 1.24 bits per heavy atom. The molecule has 1 aromatic heterocycles. The second-order valence-electron chi connectivity index (χ2n) is 6.88. The Bertz CT molecular complexity index is 744. The minimum absolute atomic E-state index is 0.358. The first-order valence-corrected chi connectivity index (χ1v) is 10.1. The Kier molecular flexibility index (Phi) is 5.46. The van der Waals surface area contributed by atoms with Crippen molar-refractivity contribution in [2.24, 2.45) is 5.92 Å². The summed E-state index contributed by atoms with van der Waals surface area (Å²) in [4.78, 5) is 7.12. The summed E-state index contributed by atoms with van der Waals surface area (Å²) in [7, 11) is 0. The van der Waals surface area contributed by atoms with Crippen LogP contribution in [0.25, 0.3) is 10.9 Å². The average Bonchev–Trinajstić information content (AvgIpc) is 3.14. The monoisotopic (exact) mass is 424 g/mol. The molecule has 2 aromatic rings. The van der Waals surface area contributed by atoms with E-state index in [0.717, 1.165) is 73.4 Å². The predicted molar refractivity (Wildman–Crippen MR) is 105 cm³/mol. The molecule has 4 rings (SSSR count). The number of aromatic nitrogens is 1. The molecule has 0 aliphatic carbocycles. The molecule has 0 spiro atoms. The van der Waals surface area contributed by atoms with Gasteiger partial charge in [0.15, 0.2) is 0 Å². The lowest BCUT2D eigenvalue weighted by Gasteiger charge is -2.33. The molecule has 1 aromatic carbocycles. The third kappa shape index (κ3) is 4.11. The molecule has 0 radical (unpaired) electrons. The minimum Gasteiger partial charge on any atom is -0.381 e. The van der Waals surface area contributed by atoms with Crippen molar-refractivity contribution >= 4 is 44.3 Å². The molecule has 2 fully saturated rings. The molecule has 2 aliphatic heterocycles. The topological polar surface area (TPSA) is 34.6 Å². The van der Waals surface area contributed by atoms with Crippen molar-refractivity contribution < 1.29 is 9.47 Å². The predicted octanol–water partition coefficient (Wildman–Crippen LogP) is 4.67. The van der Waals surface area contributed by atoms with Crippen molar-refractivity contribution in [2.45, 2.75) is 25.4 Å². The largest absolute Gasteiger partial charge is 0.381 e. The number of rotatable bonds is 4. The number of fused-ring (bicyclic) bond motifs is 1. The lowest BCUT2D eigenvalue weighted by Crippen LogP contribution is -2.38. The molecule has 0 amide bonds. The Balaban J connectivity index is 1.37. The molecule has 2 saturated heterocycles. The van der Waals surface area contributed by atoms with Gasteiger partial charge in [-0.2, -0.15) is 0 Å². The number of benzene rings is 1. The van der Waals surface area contributed by atoms with Crippen LogP contribution in [0.3, 0.4) is 0 Å². The van der Waals surface area contributed by atoms with Crippen LogP contribution in [0.15, 0.2) is 28.7 Å². The maximum atomic E-state index is 6.36. The standard InChI is InChI=1S/C19H22BrClN2O2/c20-15-9-14-1-2-18(22-19(14)17(21)10-15)23-6-3-16(4-7-23)25-12-13-5-8-24-11-13/h1-2,9-10,13,16H,3-8,11-12H2. The van der Waals surface area contributed by atoms with Crippen LogP contribution in [0.1, 0.15) is 19.3 Å². The summed E-state index contributed by atoms with van der Waals surface area (Å²) in [6, 6.07) is 8.12. The fraction of sp³-hybridized carbons (Fsp3) is 0.526. The third-order valence-corrected chi connectivity index (χ3v) is 5.80. The van der Waals surface area contributed by atoms with Gasteiger partial charge in [0.2, 0.25) is 0 Å². The molecule has 134 valence electrons. The second-order valence-corrected chi connectivity index (χ2v) is 8.20. The fourth-order valence-electron chi connectivity index (χ4n) is 3.56. The van der Waals surface area contributed by atoms with Crippen LogP contribution < -0.4 is 4.90 Å². The van der Waals surface area contributed by atoms with Crippen LogP contribution in [0.4, 0.5) is 5.82 Å². The number of ether oxygens (including phenoxy) is 2. The highest BCUT2D eigenvalue weighted by Gasteiger charge is 2.23. The zero-order chi connectivity index (χ0) is 17.2. The first kappa shape index (κ1) is 17.5. The lowest BCUT2D eigenvalue weighted by molar-refractivity contribution is 0.0131. The Hall–Kier alpha value is -0.880. The van der Waals surface area contributed by atoms with E-state index in [0.29, 0.717) is 17.0 Å². The van der Waals surface area contributed by atoms with E-state index in [1.54, 1.807) is 0 Å². The van der Waals surface area contributed by atoms with E-state index >= 15 is 0 Å². The SMILES string of the molecule is Clc1cc(Br)cc2ccc(N3CCC(OCC4CCOC4)CC3)nc12. The highest BCUT2D eigenvalue weighted by atomic mass is 79.9. The zero-order valence-corrected chi connectivity index (χ0v) is 16.4. The maximum Gasteiger partial charge on any atom is 0.129 e. The van der Waals surface area contributed by atoms with Crippen molar-refractivity contribution in [3.63, 3.8) is 0 Å². The average molecular weight is 426 g/mol. The van der Waals surface area contributed by atoms with E-state index in [1.807, 2.05) is 12.1 Å². The van der Waals surface area contributed by atoms with Crippen LogP contribution in [0.2, 0.25) is 5.02 Å². The highest BCUT2D eigenvalue weighted by Crippen LogP contribution is 2.29. The van der Waals surface area contributed by atoms with E-state index in [2.05, 4.69) is 33.0 Å². The lowest BCUT2D eigenvalue weighted by atomic mass is 10.1. The number of nitrogens with zero attached hydrogens (tertiary/aromatic N) is 2. The van der Waals surface area contributed by atoms with Crippen molar-refractivity contribution in [3.05, 3.63) is 33.8 Å². The second kappa shape index (κ2) is 7.78. The van der Waals surface area contributed by atoms with Crippen LogP contribution in [-0.4, -0.2) is 44.0 Å². The number of hydrogen-bond acceptors (Lipinski definition) is 4. The summed E-state index contributed by atoms with van der Waals surface area (Å²) < 4.78 is 12.5. The quantitative estimate of drug-likeness (QED) is 0.713. The number of piperidine rings is 1. The first-order chi connectivity index (χ1) is 12.2. The molecule has 6 heteroatoms. The van der Waals surface area contributed by atoms with Crippen LogP contribution in [0.5, 0.6) is 0 Å². The van der Waals surface area contributed by atoms with Crippen molar-refractivity contribution in [1.82, 2.24) is 4.98 Å². The van der Waals surface area contributed by atoms with Gasteiger partial charge < -0.3 is 14.4 Å². The number of hydrogen-bond donors (Lipinski definition) is 0. The molecule has 25 heavy (non-hydrogen) atoms. The van der Waals surface area contributed by atoms with Gasteiger partial charge in [0.1, 0.15) is 5.82 Å². The van der Waals surface area contributed by atoms with Crippen LogP contribution in [-0.2, 0) is 9.47 Å². The molecule has 2 aliphatic rings. The zero-order valence-electron chi connectivity index (χ0n) is 14.1. The van der Waals surface area contributed by atoms with E-state index in [4.69, 9.17) is 26.1 Å². The molecule has 0 bridgehead atoms. The number of halogens is 2. The molecule has 1 atom stereocenters. The van der Waals surface area contributed by atoms with Gasteiger partial charge >= 0.3 is 0 Å². The van der Waals surface area contributed by atoms with E-state index in [1.165, 1.54) is 0 Å². The summed E-state index contributed by atoms with van der Waals surface area (Å²) in [5, 5.41) is 1.74. The molecule has 0 N–H and O–H groups in total. The Morgan fingerprint density at radius 2 is 2.08 bits per heavy atom. The molecule has 0 saturated carbocycles. The van der Waals surface area contributed by atoms with Gasteiger partial charge in [-0.25, -0.2) is 4.98 Å². The Morgan fingerprint density at radius 3 is 2.84 bits per heavy atom. The summed E-state index contributed by atoms with van der Waals surface area (Å²) in [6.07, 6.45) is 3.58. The summed E-state index contributed by atoms with van der Waals surface area (Å²) in [5.41, 5.74) is 0.863. The van der Waals surface area contributed by atoms with Gasteiger partial charge in [0.25, 0.3) is 0 Å². The van der Waals surface area contributed by atoms with Crippen LogP contribution in [0, 0.1) is 5.92 Å². The van der Waals surface area contributed by atoms with Gasteiger partial charge in [-0.05, 0) is 43.5 Å². The first-order valence-electron chi connectivity index (χ1n) is 8.89. The van der Waals surface area contributed by atoms with Crippen molar-refractivity contribution in [1.29, 1.82) is 0 Å². The molecule has 1 unspecified atom stereocenters. The minimum atomic E-state index is 0.358. The van der Waals surface area contributed by atoms with Gasteiger partial charge in [-0.15, -0.1) is 0 Å². The molecular formula is C19H22BrClN2O2. The Labute approximate surface area is 161 Å². The molecule has 4 nitrogen and oxygen atoms in total. The van der Waals surface area contributed by atoms with Crippen molar-refractivity contribution in [3.8, 4) is 0 Å². The van der Waals surface area contributed by atoms with Gasteiger partial charge in [0, 0.05) is 35.5 Å². The number of anilines is 1. The fourth-order valence-corrected chi connectivity index (χ4v) is 4.44. The normalized spacial score (nSPS) is 22.0. The van der Waals surface area contributed by atoms with E-state index in [-0.39, 0.29) is 0 Å². The maximum absolute atomic E-state index is 6.36. The van der Waals surface area contributed by atoms with E-state index < -0.39 is 0 Å². The number of pyridine rings is 1. The smallest absolute Gasteiger partial charge is 0.129 e. The van der Waals surface area contributed by atoms with E-state index in [9.17, 15) is 0 Å².